The van der Waals surface area contributed by atoms with Gasteiger partial charge < -0.3 is 20.1 Å². The summed E-state index contributed by atoms with van der Waals surface area (Å²) in [4.78, 5) is 4.70. The third-order valence-corrected chi connectivity index (χ3v) is 4.88. The normalized spacial score (nSPS) is 20.7. The van der Waals surface area contributed by atoms with Crippen molar-refractivity contribution in [2.24, 2.45) is 10.9 Å². The molecule has 2 aromatic carbocycles. The fourth-order valence-corrected chi connectivity index (χ4v) is 3.36. The van der Waals surface area contributed by atoms with E-state index < -0.39 is 0 Å². The fourth-order valence-electron chi connectivity index (χ4n) is 3.36. The van der Waals surface area contributed by atoms with Crippen molar-refractivity contribution in [3.63, 3.8) is 0 Å². The van der Waals surface area contributed by atoms with E-state index in [1.54, 1.807) is 0 Å². The Kier molecular flexibility index (Phi) is 4.95. The van der Waals surface area contributed by atoms with E-state index in [0.717, 1.165) is 36.1 Å². The van der Waals surface area contributed by atoms with E-state index in [0.29, 0.717) is 25.2 Å². The van der Waals surface area contributed by atoms with Gasteiger partial charge in [0.1, 0.15) is 0 Å². The summed E-state index contributed by atoms with van der Waals surface area (Å²) in [7, 11) is 0. The molecule has 4 rings (SSSR count). The Bertz CT molecular complexity index is 776. The number of fused-ring (bicyclic) bond motifs is 1. The van der Waals surface area contributed by atoms with Crippen molar-refractivity contribution in [3.8, 4) is 11.5 Å². The molecule has 5 heteroatoms. The van der Waals surface area contributed by atoms with Crippen LogP contribution < -0.4 is 20.1 Å². The number of hydrogen-bond acceptors (Lipinski definition) is 3. The van der Waals surface area contributed by atoms with Crippen LogP contribution in [0.25, 0.3) is 0 Å². The minimum absolute atomic E-state index is 0.302. The van der Waals surface area contributed by atoms with Crippen molar-refractivity contribution in [1.29, 1.82) is 0 Å². The lowest BCUT2D eigenvalue weighted by molar-refractivity contribution is 0.174. The third kappa shape index (κ3) is 3.93. The predicted molar refractivity (Wildman–Crippen MR) is 103 cm³/mol. The van der Waals surface area contributed by atoms with Crippen LogP contribution in [0.5, 0.6) is 11.5 Å². The highest BCUT2D eigenvalue weighted by molar-refractivity contribution is 5.79. The molecule has 2 unspecified atom stereocenters. The van der Waals surface area contributed by atoms with Crippen LogP contribution in [0.15, 0.2) is 53.5 Å². The summed E-state index contributed by atoms with van der Waals surface area (Å²) in [6, 6.07) is 16.7. The zero-order valence-corrected chi connectivity index (χ0v) is 15.1. The lowest BCUT2D eigenvalue weighted by Gasteiger charge is -2.11. The fraction of sp³-hybridized carbons (Fsp3) is 0.381. The number of nitrogens with one attached hydrogen (secondary N) is 2. The van der Waals surface area contributed by atoms with Crippen molar-refractivity contribution in [1.82, 2.24) is 10.6 Å². The molecule has 1 aliphatic heterocycles. The van der Waals surface area contributed by atoms with Gasteiger partial charge in [0.2, 0.25) is 6.79 Å². The van der Waals surface area contributed by atoms with Crippen molar-refractivity contribution < 1.29 is 9.47 Å². The van der Waals surface area contributed by atoms with E-state index in [1.807, 2.05) is 18.2 Å². The van der Waals surface area contributed by atoms with Crippen LogP contribution in [0, 0.1) is 5.92 Å². The number of ether oxygens (including phenoxy) is 2. The molecule has 2 aromatic rings. The molecule has 1 heterocycles. The van der Waals surface area contributed by atoms with Crippen LogP contribution in [0.4, 0.5) is 0 Å². The monoisotopic (exact) mass is 351 g/mol. The first-order chi connectivity index (χ1) is 12.8. The van der Waals surface area contributed by atoms with E-state index in [2.05, 4.69) is 47.9 Å². The summed E-state index contributed by atoms with van der Waals surface area (Å²) >= 11 is 0. The maximum absolute atomic E-state index is 5.43. The Morgan fingerprint density at radius 3 is 2.77 bits per heavy atom. The molecule has 2 aliphatic rings. The zero-order chi connectivity index (χ0) is 17.8. The number of aliphatic imine (C=N–C) groups is 1. The molecule has 1 aliphatic carbocycles. The highest BCUT2D eigenvalue weighted by Crippen LogP contribution is 2.46. The van der Waals surface area contributed by atoms with Crippen molar-refractivity contribution in [2.75, 3.05) is 19.9 Å². The Labute approximate surface area is 154 Å². The lowest BCUT2D eigenvalue weighted by Crippen LogP contribution is -2.38. The van der Waals surface area contributed by atoms with Crippen molar-refractivity contribution >= 4 is 5.96 Å². The predicted octanol–water partition coefficient (Wildman–Crippen LogP) is 3.27. The van der Waals surface area contributed by atoms with E-state index in [9.17, 15) is 0 Å². The zero-order valence-electron chi connectivity index (χ0n) is 15.1. The molecule has 26 heavy (non-hydrogen) atoms. The maximum atomic E-state index is 5.43. The smallest absolute Gasteiger partial charge is 0.231 e. The third-order valence-electron chi connectivity index (χ3n) is 4.88. The van der Waals surface area contributed by atoms with Crippen molar-refractivity contribution in [3.05, 3.63) is 59.7 Å². The number of guanidine groups is 1. The number of benzene rings is 2. The molecule has 0 saturated heterocycles. The summed E-state index contributed by atoms with van der Waals surface area (Å²) in [5, 5.41) is 6.81. The van der Waals surface area contributed by atoms with Crippen LogP contribution in [-0.2, 0) is 6.54 Å². The van der Waals surface area contributed by atoms with Gasteiger partial charge in [0, 0.05) is 13.1 Å². The van der Waals surface area contributed by atoms with Crippen LogP contribution in [0.2, 0.25) is 0 Å². The highest BCUT2D eigenvalue weighted by Gasteiger charge is 2.37. The molecule has 0 amide bonds. The molecule has 5 nitrogen and oxygen atoms in total. The van der Waals surface area contributed by atoms with E-state index >= 15 is 0 Å². The van der Waals surface area contributed by atoms with Crippen molar-refractivity contribution in [2.45, 2.75) is 25.8 Å². The van der Waals surface area contributed by atoms with Gasteiger partial charge in [0.15, 0.2) is 17.5 Å². The Morgan fingerprint density at radius 2 is 1.92 bits per heavy atom. The second-order valence-electron chi connectivity index (χ2n) is 6.78. The summed E-state index contributed by atoms with van der Waals surface area (Å²) in [6.07, 6.45) is 1.25. The molecule has 1 saturated carbocycles. The maximum Gasteiger partial charge on any atom is 0.231 e. The van der Waals surface area contributed by atoms with Gasteiger partial charge >= 0.3 is 0 Å². The van der Waals surface area contributed by atoms with Gasteiger partial charge in [-0.25, -0.2) is 4.99 Å². The van der Waals surface area contributed by atoms with E-state index in [-0.39, 0.29) is 0 Å². The Balaban J connectivity index is 1.32. The summed E-state index contributed by atoms with van der Waals surface area (Å²) in [6.45, 7) is 4.79. The summed E-state index contributed by atoms with van der Waals surface area (Å²) in [5.41, 5.74) is 2.56. The molecule has 0 spiro atoms. The first-order valence-electron chi connectivity index (χ1n) is 9.29. The van der Waals surface area contributed by atoms with E-state index in [1.165, 1.54) is 12.0 Å². The van der Waals surface area contributed by atoms with Gasteiger partial charge in [0.05, 0.1) is 6.54 Å². The first-order valence-corrected chi connectivity index (χ1v) is 9.29. The molecule has 136 valence electrons. The molecule has 0 aromatic heterocycles. The number of nitrogens with zero attached hydrogens (tertiary/aromatic N) is 1. The average Bonchev–Trinajstić information content (AvgIpc) is 3.31. The van der Waals surface area contributed by atoms with Gasteiger partial charge in [-0.1, -0.05) is 36.4 Å². The Hall–Kier alpha value is -2.69. The standard InChI is InChI=1S/C21H25N3O2/c1-2-22-21(23-12-15-8-9-19-20(10-15)26-14-25-19)24-13-17-11-18(17)16-6-4-3-5-7-16/h3-10,17-18H,2,11-14H2,1H3,(H2,22,23,24). The van der Waals surface area contributed by atoms with Gasteiger partial charge in [-0.2, -0.15) is 0 Å². The highest BCUT2D eigenvalue weighted by atomic mass is 16.7. The minimum Gasteiger partial charge on any atom is -0.454 e. The quantitative estimate of drug-likeness (QED) is 0.619. The molecule has 2 N–H and O–H groups in total. The summed E-state index contributed by atoms with van der Waals surface area (Å²) in [5.74, 6) is 3.85. The molecule has 0 radical (unpaired) electrons. The largest absolute Gasteiger partial charge is 0.454 e. The van der Waals surface area contributed by atoms with Crippen LogP contribution in [0.1, 0.15) is 30.4 Å². The molecule has 2 atom stereocenters. The van der Waals surface area contributed by atoms with Crippen LogP contribution in [0.3, 0.4) is 0 Å². The lowest BCUT2D eigenvalue weighted by atomic mass is 10.1. The van der Waals surface area contributed by atoms with Crippen LogP contribution in [-0.4, -0.2) is 25.8 Å². The van der Waals surface area contributed by atoms with Gasteiger partial charge in [0.25, 0.3) is 0 Å². The molecule has 0 bridgehead atoms. The molecular formula is C21H25N3O2. The van der Waals surface area contributed by atoms with Gasteiger partial charge in [-0.3, -0.25) is 0 Å². The van der Waals surface area contributed by atoms with Crippen LogP contribution >= 0.6 is 0 Å². The topological polar surface area (TPSA) is 54.9 Å². The SMILES string of the molecule is CCNC(=NCc1ccc2c(c1)OCO2)NCC1CC1c1ccccc1. The molecular weight excluding hydrogens is 326 g/mol. The number of rotatable bonds is 6. The van der Waals surface area contributed by atoms with Gasteiger partial charge in [-0.15, -0.1) is 0 Å². The average molecular weight is 351 g/mol. The second kappa shape index (κ2) is 7.68. The molecule has 1 fully saturated rings. The summed E-state index contributed by atoms with van der Waals surface area (Å²) < 4.78 is 10.8. The second-order valence-corrected chi connectivity index (χ2v) is 6.78. The number of hydrogen-bond donors (Lipinski definition) is 2. The minimum atomic E-state index is 0.302. The van der Waals surface area contributed by atoms with Gasteiger partial charge in [-0.05, 0) is 48.4 Å². The first kappa shape index (κ1) is 16.8. The van der Waals surface area contributed by atoms with E-state index in [4.69, 9.17) is 14.5 Å². The Morgan fingerprint density at radius 1 is 1.08 bits per heavy atom.